The molecule has 3 rings (SSSR count). The van der Waals surface area contributed by atoms with Crippen LogP contribution in [0.3, 0.4) is 0 Å². The standard InChI is InChI=1S/C22H26N2O8S/c1-29-19-7-6-17(13-20(19)30-2)22(26)23-14-21(25)32-15-16-4-3-5-18(12-16)33(27,28)24-8-10-31-11-9-24/h3-7,12-13H,8-11,14-15H2,1-2H3,(H,23,26). The van der Waals surface area contributed by atoms with Crippen molar-refractivity contribution in [2.24, 2.45) is 0 Å². The zero-order valence-corrected chi connectivity index (χ0v) is 19.2. The van der Waals surface area contributed by atoms with Crippen LogP contribution in [0.1, 0.15) is 15.9 Å². The first-order chi connectivity index (χ1) is 15.8. The average molecular weight is 479 g/mol. The lowest BCUT2D eigenvalue weighted by Crippen LogP contribution is -2.40. The van der Waals surface area contributed by atoms with E-state index in [0.29, 0.717) is 48.9 Å². The fourth-order valence-electron chi connectivity index (χ4n) is 3.18. The van der Waals surface area contributed by atoms with Crippen molar-refractivity contribution >= 4 is 21.9 Å². The Morgan fingerprint density at radius 3 is 2.45 bits per heavy atom. The van der Waals surface area contributed by atoms with Gasteiger partial charge in [-0.15, -0.1) is 0 Å². The van der Waals surface area contributed by atoms with Gasteiger partial charge in [0, 0.05) is 18.7 Å². The molecule has 0 atom stereocenters. The van der Waals surface area contributed by atoms with Crippen LogP contribution in [0.4, 0.5) is 0 Å². The molecule has 33 heavy (non-hydrogen) atoms. The summed E-state index contributed by atoms with van der Waals surface area (Å²) < 4.78 is 47.6. The molecule has 2 aromatic carbocycles. The summed E-state index contributed by atoms with van der Waals surface area (Å²) in [5.41, 5.74) is 0.811. The number of hydrogen-bond donors (Lipinski definition) is 1. The molecule has 0 aliphatic carbocycles. The molecule has 11 heteroatoms. The van der Waals surface area contributed by atoms with Gasteiger partial charge in [0.15, 0.2) is 11.5 Å². The van der Waals surface area contributed by atoms with Crippen LogP contribution in [0, 0.1) is 0 Å². The third-order valence-corrected chi connectivity index (χ3v) is 6.84. The van der Waals surface area contributed by atoms with Gasteiger partial charge < -0.3 is 24.3 Å². The van der Waals surface area contributed by atoms with E-state index in [1.165, 1.54) is 36.7 Å². The third kappa shape index (κ3) is 6.21. The highest BCUT2D eigenvalue weighted by Crippen LogP contribution is 2.27. The molecule has 0 aromatic heterocycles. The molecule has 0 radical (unpaired) electrons. The van der Waals surface area contributed by atoms with Gasteiger partial charge >= 0.3 is 5.97 Å². The van der Waals surface area contributed by atoms with Gasteiger partial charge in [-0.3, -0.25) is 9.59 Å². The lowest BCUT2D eigenvalue weighted by Gasteiger charge is -2.26. The molecule has 1 aliphatic rings. The first-order valence-corrected chi connectivity index (χ1v) is 11.6. The second kappa shape index (κ2) is 11.1. The van der Waals surface area contributed by atoms with Crippen LogP contribution in [0.15, 0.2) is 47.4 Å². The molecule has 1 aliphatic heterocycles. The van der Waals surface area contributed by atoms with Crippen molar-refractivity contribution in [1.82, 2.24) is 9.62 Å². The SMILES string of the molecule is COc1ccc(C(=O)NCC(=O)OCc2cccc(S(=O)(=O)N3CCOCC3)c2)cc1OC. The molecule has 2 aromatic rings. The van der Waals surface area contributed by atoms with Crippen LogP contribution in [0.5, 0.6) is 11.5 Å². The van der Waals surface area contributed by atoms with Gasteiger partial charge in [-0.25, -0.2) is 8.42 Å². The van der Waals surface area contributed by atoms with Crippen LogP contribution in [-0.4, -0.2) is 71.7 Å². The Balaban J connectivity index is 1.54. The van der Waals surface area contributed by atoms with Crippen molar-refractivity contribution in [3.8, 4) is 11.5 Å². The Bertz CT molecular complexity index is 1100. The molecule has 0 bridgehead atoms. The quantitative estimate of drug-likeness (QED) is 0.534. The Labute approximate surface area is 192 Å². The lowest BCUT2D eigenvalue weighted by atomic mass is 10.2. The number of amides is 1. The van der Waals surface area contributed by atoms with E-state index >= 15 is 0 Å². The molecular formula is C22H26N2O8S. The summed E-state index contributed by atoms with van der Waals surface area (Å²) in [4.78, 5) is 24.5. The van der Waals surface area contributed by atoms with Crippen molar-refractivity contribution in [3.05, 3.63) is 53.6 Å². The van der Waals surface area contributed by atoms with E-state index in [9.17, 15) is 18.0 Å². The topological polar surface area (TPSA) is 120 Å². The first-order valence-electron chi connectivity index (χ1n) is 10.2. The summed E-state index contributed by atoms with van der Waals surface area (Å²) in [5.74, 6) is -0.275. The minimum atomic E-state index is -3.65. The third-order valence-electron chi connectivity index (χ3n) is 4.95. The molecule has 1 saturated heterocycles. The highest BCUT2D eigenvalue weighted by molar-refractivity contribution is 7.89. The van der Waals surface area contributed by atoms with E-state index < -0.39 is 21.9 Å². The van der Waals surface area contributed by atoms with E-state index in [1.807, 2.05) is 0 Å². The second-order valence-electron chi connectivity index (χ2n) is 7.08. The van der Waals surface area contributed by atoms with Crippen molar-refractivity contribution < 1.29 is 37.0 Å². The van der Waals surface area contributed by atoms with Gasteiger partial charge in [0.2, 0.25) is 10.0 Å². The summed E-state index contributed by atoms with van der Waals surface area (Å²) in [6.45, 7) is 0.816. The van der Waals surface area contributed by atoms with Crippen molar-refractivity contribution in [1.29, 1.82) is 0 Å². The Morgan fingerprint density at radius 1 is 1.03 bits per heavy atom. The highest BCUT2D eigenvalue weighted by Gasteiger charge is 2.26. The Hall–Kier alpha value is -3.15. The number of carbonyl (C=O) groups excluding carboxylic acids is 2. The van der Waals surface area contributed by atoms with Crippen molar-refractivity contribution in [3.63, 3.8) is 0 Å². The molecule has 10 nitrogen and oxygen atoms in total. The average Bonchev–Trinajstić information content (AvgIpc) is 2.86. The number of rotatable bonds is 9. The molecular weight excluding hydrogens is 452 g/mol. The summed E-state index contributed by atoms with van der Waals surface area (Å²) in [6, 6.07) is 10.9. The Morgan fingerprint density at radius 2 is 1.76 bits per heavy atom. The smallest absolute Gasteiger partial charge is 0.325 e. The largest absolute Gasteiger partial charge is 0.493 e. The maximum Gasteiger partial charge on any atom is 0.325 e. The van der Waals surface area contributed by atoms with Crippen molar-refractivity contribution in [2.75, 3.05) is 47.1 Å². The minimum absolute atomic E-state index is 0.125. The van der Waals surface area contributed by atoms with E-state index in [2.05, 4.69) is 5.32 Å². The molecule has 0 unspecified atom stereocenters. The molecule has 1 N–H and O–H groups in total. The lowest BCUT2D eigenvalue weighted by molar-refractivity contribution is -0.143. The number of nitrogens with one attached hydrogen (secondary N) is 1. The van der Waals surface area contributed by atoms with Crippen LogP contribution < -0.4 is 14.8 Å². The number of nitrogens with zero attached hydrogens (tertiary/aromatic N) is 1. The zero-order chi connectivity index (χ0) is 23.8. The second-order valence-corrected chi connectivity index (χ2v) is 9.01. The van der Waals surface area contributed by atoms with Gasteiger partial charge in [0.25, 0.3) is 5.91 Å². The van der Waals surface area contributed by atoms with E-state index in [1.54, 1.807) is 24.3 Å². The van der Waals surface area contributed by atoms with E-state index in [-0.39, 0.29) is 18.0 Å². The molecule has 178 valence electrons. The molecule has 1 amide bonds. The summed E-state index contributed by atoms with van der Waals surface area (Å²) in [6.07, 6.45) is 0. The first kappa shape index (κ1) is 24.5. The fraction of sp³-hybridized carbons (Fsp3) is 0.364. The van der Waals surface area contributed by atoms with Gasteiger partial charge in [-0.05, 0) is 35.9 Å². The summed E-state index contributed by atoms with van der Waals surface area (Å²) >= 11 is 0. The molecule has 1 heterocycles. The number of hydrogen-bond acceptors (Lipinski definition) is 8. The summed E-state index contributed by atoms with van der Waals surface area (Å²) in [7, 11) is -0.706. The van der Waals surface area contributed by atoms with Crippen LogP contribution in [0.2, 0.25) is 0 Å². The number of morpholine rings is 1. The maximum atomic E-state index is 12.8. The number of sulfonamides is 1. The molecule has 0 saturated carbocycles. The monoisotopic (exact) mass is 478 g/mol. The van der Waals surface area contributed by atoms with Gasteiger partial charge in [-0.2, -0.15) is 4.31 Å². The summed E-state index contributed by atoms with van der Waals surface area (Å²) in [5, 5.41) is 2.48. The van der Waals surface area contributed by atoms with Crippen LogP contribution in [-0.2, 0) is 30.9 Å². The van der Waals surface area contributed by atoms with Gasteiger partial charge in [0.1, 0.15) is 13.2 Å². The predicted molar refractivity (Wildman–Crippen MR) is 118 cm³/mol. The van der Waals surface area contributed by atoms with Gasteiger partial charge in [-0.1, -0.05) is 12.1 Å². The van der Waals surface area contributed by atoms with Crippen LogP contribution in [0.25, 0.3) is 0 Å². The van der Waals surface area contributed by atoms with Gasteiger partial charge in [0.05, 0.1) is 32.3 Å². The van der Waals surface area contributed by atoms with E-state index in [4.69, 9.17) is 18.9 Å². The zero-order valence-electron chi connectivity index (χ0n) is 18.4. The number of carbonyl (C=O) groups is 2. The number of ether oxygens (including phenoxy) is 4. The number of methoxy groups -OCH3 is 2. The highest BCUT2D eigenvalue weighted by atomic mass is 32.2. The van der Waals surface area contributed by atoms with Crippen molar-refractivity contribution in [2.45, 2.75) is 11.5 Å². The van der Waals surface area contributed by atoms with Crippen LogP contribution >= 0.6 is 0 Å². The number of benzene rings is 2. The Kier molecular flexibility index (Phi) is 8.26. The normalized spacial score (nSPS) is 14.4. The minimum Gasteiger partial charge on any atom is -0.493 e. The molecule has 1 fully saturated rings. The maximum absolute atomic E-state index is 12.8. The van der Waals surface area contributed by atoms with E-state index in [0.717, 1.165) is 0 Å². The fourth-order valence-corrected chi connectivity index (χ4v) is 4.66. The number of esters is 1. The molecule has 0 spiro atoms. The predicted octanol–water partition coefficient (Wildman–Crippen LogP) is 1.20.